The van der Waals surface area contributed by atoms with Gasteiger partial charge in [0.1, 0.15) is 18.1 Å². The number of hydrogen-bond donors (Lipinski definition) is 4. The molecule has 1 aromatic carbocycles. The number of nitrogens with two attached hydrogens (primary N) is 1. The van der Waals surface area contributed by atoms with Crippen LogP contribution in [0, 0.1) is 0 Å². The van der Waals surface area contributed by atoms with Crippen LogP contribution in [-0.2, 0) is 22.4 Å². The van der Waals surface area contributed by atoms with Gasteiger partial charge < -0.3 is 21.4 Å². The molecule has 0 aliphatic rings. The number of carbonyl (C=O) groups is 2. The Kier molecular flexibility index (Phi) is 5.78. The summed E-state index contributed by atoms with van der Waals surface area (Å²) >= 11 is 0. The van der Waals surface area contributed by atoms with Gasteiger partial charge in [0.2, 0.25) is 5.91 Å². The monoisotopic (exact) mass is 332 g/mol. The second-order valence-electron chi connectivity index (χ2n) is 5.47. The third-order valence-electron chi connectivity index (χ3n) is 3.60. The lowest BCUT2D eigenvalue weighted by Gasteiger charge is -2.14. The second kappa shape index (κ2) is 8.00. The lowest BCUT2D eigenvalue weighted by atomic mass is 10.1. The van der Waals surface area contributed by atoms with E-state index < -0.39 is 12.0 Å². The zero-order chi connectivity index (χ0) is 17.5. The highest BCUT2D eigenvalue weighted by Gasteiger charge is 2.21. The van der Waals surface area contributed by atoms with Crippen LogP contribution in [-0.4, -0.2) is 37.8 Å². The number of carboxylic acids is 1. The Morgan fingerprint density at radius 1 is 1.29 bits per heavy atom. The molecule has 2 rings (SSSR count). The molecule has 1 heterocycles. The summed E-state index contributed by atoms with van der Waals surface area (Å²) in [6, 6.07) is 5.70. The molecule has 1 atom stereocenters. The Bertz CT molecular complexity index is 696. The number of phenols is 1. The normalized spacial score (nSPS) is 11.8. The molecule has 0 radical (unpaired) electrons. The van der Waals surface area contributed by atoms with Gasteiger partial charge in [-0.1, -0.05) is 12.1 Å². The van der Waals surface area contributed by atoms with E-state index in [2.05, 4.69) is 10.3 Å². The molecule has 1 amide bonds. The second-order valence-corrected chi connectivity index (χ2v) is 5.47. The van der Waals surface area contributed by atoms with E-state index >= 15 is 0 Å². The van der Waals surface area contributed by atoms with Crippen LogP contribution < -0.4 is 11.2 Å². The van der Waals surface area contributed by atoms with Crippen LogP contribution in [0.5, 0.6) is 5.75 Å². The average molecular weight is 332 g/mol. The number of carboxylic acid groups (broad SMARTS) is 1. The summed E-state index contributed by atoms with van der Waals surface area (Å²) in [7, 11) is 0. The van der Waals surface area contributed by atoms with E-state index in [1.807, 2.05) is 0 Å². The summed E-state index contributed by atoms with van der Waals surface area (Å²) in [5.41, 5.74) is 1.52. The van der Waals surface area contributed by atoms with Crippen LogP contribution in [0.15, 0.2) is 36.8 Å². The van der Waals surface area contributed by atoms with Crippen molar-refractivity contribution >= 4 is 11.9 Å². The van der Waals surface area contributed by atoms with E-state index in [1.54, 1.807) is 24.3 Å². The fraction of sp³-hybridized carbons (Fsp3) is 0.312. The Hall–Kier alpha value is -3.03. The van der Waals surface area contributed by atoms with Gasteiger partial charge in [0.05, 0.1) is 11.9 Å². The molecule has 0 saturated heterocycles. The molecule has 0 aliphatic heterocycles. The van der Waals surface area contributed by atoms with Gasteiger partial charge in [0, 0.05) is 12.8 Å². The van der Waals surface area contributed by atoms with Crippen molar-refractivity contribution in [3.8, 4) is 5.75 Å². The zero-order valence-electron chi connectivity index (χ0n) is 13.1. The molecule has 0 bridgehead atoms. The van der Waals surface area contributed by atoms with E-state index in [0.717, 1.165) is 5.56 Å². The number of nitrogens with zero attached hydrogens (tertiary/aromatic N) is 2. The predicted molar refractivity (Wildman–Crippen MR) is 86.7 cm³/mol. The highest BCUT2D eigenvalue weighted by Crippen LogP contribution is 2.12. The van der Waals surface area contributed by atoms with E-state index in [1.165, 1.54) is 17.2 Å². The van der Waals surface area contributed by atoms with Gasteiger partial charge in [-0.25, -0.2) is 9.78 Å². The summed E-state index contributed by atoms with van der Waals surface area (Å²) in [6.07, 6.45) is 4.36. The predicted octanol–water partition coefficient (Wildman–Crippen LogP) is 0.437. The van der Waals surface area contributed by atoms with E-state index in [-0.39, 0.29) is 24.5 Å². The van der Waals surface area contributed by atoms with Gasteiger partial charge in [-0.3, -0.25) is 9.47 Å². The Labute approximate surface area is 138 Å². The Balaban J connectivity index is 1.81. The molecule has 0 unspecified atom stereocenters. The molecule has 0 spiro atoms. The fourth-order valence-corrected chi connectivity index (χ4v) is 2.28. The van der Waals surface area contributed by atoms with Crippen molar-refractivity contribution in [1.82, 2.24) is 15.0 Å². The van der Waals surface area contributed by atoms with Crippen molar-refractivity contribution in [2.24, 2.45) is 0 Å². The molecule has 0 aliphatic carbocycles. The quantitative estimate of drug-likeness (QED) is 0.519. The standard InChI is InChI=1S/C16H20N4O4/c17-20-10-18-9-12(20)8-14(16(23)24)19-15(22)3-1-2-11-4-6-13(21)7-5-11/h4-7,9-10,14,21H,1-3,8,17H2,(H,19,22)(H,23,24)/t14-/m1/s1. The van der Waals surface area contributed by atoms with Gasteiger partial charge in [-0.05, 0) is 30.5 Å². The van der Waals surface area contributed by atoms with Crippen molar-refractivity contribution < 1.29 is 19.8 Å². The van der Waals surface area contributed by atoms with Crippen molar-refractivity contribution in [2.75, 3.05) is 5.84 Å². The van der Waals surface area contributed by atoms with Gasteiger partial charge in [0.15, 0.2) is 0 Å². The third-order valence-corrected chi connectivity index (χ3v) is 3.60. The topological polar surface area (TPSA) is 130 Å². The summed E-state index contributed by atoms with van der Waals surface area (Å²) in [5, 5.41) is 20.9. The first-order valence-electron chi connectivity index (χ1n) is 7.52. The number of hydrogen-bond acceptors (Lipinski definition) is 5. The maximum atomic E-state index is 11.9. The van der Waals surface area contributed by atoms with Gasteiger partial charge in [-0.2, -0.15) is 0 Å². The summed E-state index contributed by atoms with van der Waals surface area (Å²) < 4.78 is 1.23. The highest BCUT2D eigenvalue weighted by atomic mass is 16.4. The molecular formula is C16H20N4O4. The molecule has 0 fully saturated rings. The molecule has 0 saturated carbocycles. The van der Waals surface area contributed by atoms with Gasteiger partial charge in [-0.15, -0.1) is 0 Å². The molecule has 2 aromatic rings. The van der Waals surface area contributed by atoms with Crippen LogP contribution in [0.3, 0.4) is 0 Å². The number of nitrogen functional groups attached to an aromatic ring is 1. The van der Waals surface area contributed by atoms with Crippen LogP contribution in [0.25, 0.3) is 0 Å². The Morgan fingerprint density at radius 3 is 2.58 bits per heavy atom. The molecule has 128 valence electrons. The third kappa shape index (κ3) is 5.01. The lowest BCUT2D eigenvalue weighted by molar-refractivity contribution is -0.141. The minimum atomic E-state index is -1.12. The van der Waals surface area contributed by atoms with Crippen LogP contribution in [0.2, 0.25) is 0 Å². The van der Waals surface area contributed by atoms with Gasteiger partial charge >= 0.3 is 5.97 Å². The van der Waals surface area contributed by atoms with Gasteiger partial charge in [0.25, 0.3) is 0 Å². The number of carbonyl (C=O) groups excluding carboxylic acids is 1. The number of aromatic nitrogens is 2. The van der Waals surface area contributed by atoms with Crippen molar-refractivity contribution in [3.63, 3.8) is 0 Å². The number of nitrogens with one attached hydrogen (secondary N) is 1. The summed E-state index contributed by atoms with van der Waals surface area (Å²) in [4.78, 5) is 27.1. The molecule has 8 nitrogen and oxygen atoms in total. The first-order valence-corrected chi connectivity index (χ1v) is 7.52. The number of phenolic OH excluding ortho intramolecular Hbond substituents is 1. The SMILES string of the molecule is Nn1cncc1C[C@@H](NC(=O)CCCc1ccc(O)cc1)C(=O)O. The van der Waals surface area contributed by atoms with Crippen molar-refractivity contribution in [1.29, 1.82) is 0 Å². The number of aryl methyl sites for hydroxylation is 1. The minimum absolute atomic E-state index is 0.0650. The maximum absolute atomic E-state index is 11.9. The fourth-order valence-electron chi connectivity index (χ4n) is 2.28. The molecular weight excluding hydrogens is 312 g/mol. The average Bonchev–Trinajstić information content (AvgIpc) is 2.93. The summed E-state index contributed by atoms with van der Waals surface area (Å²) in [5.74, 6) is 4.35. The van der Waals surface area contributed by atoms with Crippen LogP contribution in [0.4, 0.5) is 0 Å². The smallest absolute Gasteiger partial charge is 0.326 e. The first kappa shape index (κ1) is 17.3. The lowest BCUT2D eigenvalue weighted by Crippen LogP contribution is -2.42. The highest BCUT2D eigenvalue weighted by molar-refractivity contribution is 5.83. The van der Waals surface area contributed by atoms with Crippen molar-refractivity contribution in [3.05, 3.63) is 48.0 Å². The number of benzene rings is 1. The maximum Gasteiger partial charge on any atom is 0.326 e. The van der Waals surface area contributed by atoms with E-state index in [9.17, 15) is 19.8 Å². The van der Waals surface area contributed by atoms with Crippen LogP contribution >= 0.6 is 0 Å². The zero-order valence-corrected chi connectivity index (χ0v) is 13.1. The molecule has 5 N–H and O–H groups in total. The Morgan fingerprint density at radius 2 is 2.00 bits per heavy atom. The largest absolute Gasteiger partial charge is 0.508 e. The number of amides is 1. The van der Waals surface area contributed by atoms with E-state index in [4.69, 9.17) is 5.84 Å². The minimum Gasteiger partial charge on any atom is -0.508 e. The number of aromatic hydroxyl groups is 1. The summed E-state index contributed by atoms with van der Waals surface area (Å²) in [6.45, 7) is 0. The van der Waals surface area contributed by atoms with E-state index in [0.29, 0.717) is 18.5 Å². The number of aliphatic carboxylic acids is 1. The van der Waals surface area contributed by atoms with Crippen LogP contribution in [0.1, 0.15) is 24.1 Å². The first-order chi connectivity index (χ1) is 11.5. The van der Waals surface area contributed by atoms with Crippen molar-refractivity contribution in [2.45, 2.75) is 31.7 Å². The number of imidazole rings is 1. The molecule has 8 heteroatoms. The molecule has 1 aromatic heterocycles. The molecule has 24 heavy (non-hydrogen) atoms. The number of rotatable bonds is 8.